The predicted molar refractivity (Wildman–Crippen MR) is 63.1 cm³/mol. The minimum atomic E-state index is -0.371. The Balaban J connectivity index is 1.82. The molecule has 1 saturated heterocycles. The molecule has 0 radical (unpaired) electrons. The Labute approximate surface area is 100 Å². The predicted octanol–water partition coefficient (Wildman–Crippen LogP) is 1.16. The van der Waals surface area contributed by atoms with Gasteiger partial charge in [-0.3, -0.25) is 0 Å². The summed E-state index contributed by atoms with van der Waals surface area (Å²) in [5.74, 6) is 0.0161. The lowest BCUT2D eigenvalue weighted by atomic mass is 9.96. The van der Waals surface area contributed by atoms with E-state index in [1.54, 1.807) is 0 Å². The van der Waals surface area contributed by atoms with E-state index in [0.29, 0.717) is 0 Å². The second-order valence-electron chi connectivity index (χ2n) is 4.59. The van der Waals surface area contributed by atoms with Gasteiger partial charge in [0.2, 0.25) is 0 Å². The zero-order valence-electron chi connectivity index (χ0n) is 9.92. The number of nitrogens with zero attached hydrogens (tertiary/aromatic N) is 1. The minimum Gasteiger partial charge on any atom is -0.467 e. The number of hydrogen-bond acceptors (Lipinski definition) is 4. The number of likely N-dealkylation sites (N-methyl/N-ethyl adjacent to an activating group) is 1. The van der Waals surface area contributed by atoms with Crippen LogP contribution in [0.4, 0.5) is 5.69 Å². The Bertz CT molecular complexity index is 460. The van der Waals surface area contributed by atoms with Crippen molar-refractivity contribution >= 4 is 11.7 Å². The maximum Gasteiger partial charge on any atom is 0.337 e. The van der Waals surface area contributed by atoms with Crippen LogP contribution in [-0.4, -0.2) is 38.9 Å². The van der Waals surface area contributed by atoms with Crippen molar-refractivity contribution < 1.29 is 14.3 Å². The molecular weight excluding hydrogens is 218 g/mol. The van der Waals surface area contributed by atoms with Gasteiger partial charge in [-0.25, -0.2) is 4.79 Å². The molecule has 2 heterocycles. The summed E-state index contributed by atoms with van der Waals surface area (Å²) in [6.07, 6.45) is -0.391. The quantitative estimate of drug-likeness (QED) is 0.568. The van der Waals surface area contributed by atoms with Crippen LogP contribution in [0.25, 0.3) is 0 Å². The van der Waals surface area contributed by atoms with E-state index in [1.807, 2.05) is 12.1 Å². The second-order valence-corrected chi connectivity index (χ2v) is 4.59. The van der Waals surface area contributed by atoms with Crippen molar-refractivity contribution in [2.24, 2.45) is 0 Å². The second kappa shape index (κ2) is 3.74. The van der Waals surface area contributed by atoms with Crippen LogP contribution < -0.4 is 4.90 Å². The molecule has 1 aromatic carbocycles. The molecule has 17 heavy (non-hydrogen) atoms. The van der Waals surface area contributed by atoms with Crippen LogP contribution in [0.5, 0.6) is 0 Å². The number of benzene rings is 1. The van der Waals surface area contributed by atoms with Gasteiger partial charge in [-0.05, 0) is 11.6 Å². The van der Waals surface area contributed by atoms with Gasteiger partial charge in [0.15, 0.2) is 6.10 Å². The highest BCUT2D eigenvalue weighted by Crippen LogP contribution is 2.44. The number of epoxide rings is 1. The molecule has 4 nitrogen and oxygen atoms in total. The van der Waals surface area contributed by atoms with E-state index in [9.17, 15) is 4.79 Å². The number of esters is 1. The number of rotatable bonds is 2. The summed E-state index contributed by atoms with van der Waals surface area (Å²) in [6.45, 7) is 0.900. The van der Waals surface area contributed by atoms with Gasteiger partial charge < -0.3 is 14.4 Å². The summed E-state index contributed by atoms with van der Waals surface area (Å²) in [7, 11) is 3.46. The molecule has 90 valence electrons. The Kier molecular flexibility index (Phi) is 2.33. The van der Waals surface area contributed by atoms with E-state index < -0.39 is 0 Å². The smallest absolute Gasteiger partial charge is 0.337 e. The first-order valence-corrected chi connectivity index (χ1v) is 5.75. The Morgan fingerprint density at radius 2 is 2.24 bits per heavy atom. The zero-order chi connectivity index (χ0) is 12.0. The molecule has 4 heteroatoms. The largest absolute Gasteiger partial charge is 0.467 e. The Hall–Kier alpha value is -1.55. The molecule has 1 fully saturated rings. The number of carbonyl (C=O) groups is 1. The third kappa shape index (κ3) is 1.60. The minimum absolute atomic E-state index is 0.0199. The van der Waals surface area contributed by atoms with Gasteiger partial charge in [0, 0.05) is 25.2 Å². The highest BCUT2D eigenvalue weighted by molar-refractivity contribution is 5.78. The molecule has 0 N–H and O–H groups in total. The average Bonchev–Trinajstić information content (AvgIpc) is 3.09. The van der Waals surface area contributed by atoms with E-state index in [-0.39, 0.29) is 24.1 Å². The lowest BCUT2D eigenvalue weighted by Crippen LogP contribution is -2.21. The summed E-state index contributed by atoms with van der Waals surface area (Å²) in [5, 5.41) is 0. The summed E-state index contributed by atoms with van der Waals surface area (Å²) in [5.41, 5.74) is 2.50. The standard InChI is InChI=1S/C13H15NO3/c1-14-7-9(8-5-3-4-6-10(8)14)11-12(17-11)13(15)16-2/h3-6,9,11-12H,7H2,1-2H3. The third-order valence-corrected chi connectivity index (χ3v) is 3.57. The van der Waals surface area contributed by atoms with Crippen LogP contribution in [0.15, 0.2) is 24.3 Å². The summed E-state index contributed by atoms with van der Waals surface area (Å²) in [4.78, 5) is 13.6. The summed E-state index contributed by atoms with van der Waals surface area (Å²) in [6, 6.07) is 8.27. The molecule has 0 aliphatic carbocycles. The van der Waals surface area contributed by atoms with Gasteiger partial charge in [-0.2, -0.15) is 0 Å². The maximum atomic E-state index is 11.4. The van der Waals surface area contributed by atoms with Crippen molar-refractivity contribution in [2.45, 2.75) is 18.1 Å². The fraction of sp³-hybridized carbons (Fsp3) is 0.462. The van der Waals surface area contributed by atoms with Gasteiger partial charge in [-0.15, -0.1) is 0 Å². The summed E-state index contributed by atoms with van der Waals surface area (Å²) < 4.78 is 10.2. The SMILES string of the molecule is COC(=O)C1OC1C1CN(C)c2ccccc21. The third-order valence-electron chi connectivity index (χ3n) is 3.57. The lowest BCUT2D eigenvalue weighted by molar-refractivity contribution is -0.142. The number of methoxy groups -OCH3 is 1. The fourth-order valence-electron chi connectivity index (χ4n) is 2.66. The molecule has 0 spiro atoms. The number of fused-ring (bicyclic) bond motifs is 1. The van der Waals surface area contributed by atoms with Crippen LogP contribution in [0.2, 0.25) is 0 Å². The van der Waals surface area contributed by atoms with Crippen molar-refractivity contribution in [3.8, 4) is 0 Å². The normalized spacial score (nSPS) is 30.0. The maximum absolute atomic E-state index is 11.4. The zero-order valence-corrected chi connectivity index (χ0v) is 9.92. The van der Waals surface area contributed by atoms with Gasteiger partial charge in [0.1, 0.15) is 6.10 Å². The van der Waals surface area contributed by atoms with Crippen molar-refractivity contribution in [2.75, 3.05) is 25.6 Å². The first-order valence-electron chi connectivity index (χ1n) is 5.75. The molecule has 0 amide bonds. The number of para-hydroxylation sites is 1. The van der Waals surface area contributed by atoms with Crippen LogP contribution in [0.3, 0.4) is 0 Å². The van der Waals surface area contributed by atoms with E-state index in [1.165, 1.54) is 18.4 Å². The molecule has 2 aliphatic rings. The fourth-order valence-corrected chi connectivity index (χ4v) is 2.66. The van der Waals surface area contributed by atoms with E-state index in [4.69, 9.17) is 9.47 Å². The highest BCUT2D eigenvalue weighted by atomic mass is 16.6. The van der Waals surface area contributed by atoms with Crippen LogP contribution in [-0.2, 0) is 14.3 Å². The molecule has 0 bridgehead atoms. The topological polar surface area (TPSA) is 42.1 Å². The van der Waals surface area contributed by atoms with Crippen LogP contribution in [0, 0.1) is 0 Å². The van der Waals surface area contributed by atoms with E-state index >= 15 is 0 Å². The monoisotopic (exact) mass is 233 g/mol. The van der Waals surface area contributed by atoms with Crippen LogP contribution >= 0.6 is 0 Å². The molecule has 0 aromatic heterocycles. The lowest BCUT2D eigenvalue weighted by Gasteiger charge is -2.11. The molecule has 3 rings (SSSR count). The molecule has 3 atom stereocenters. The number of carbonyl (C=O) groups excluding carboxylic acids is 1. The van der Waals surface area contributed by atoms with Crippen molar-refractivity contribution in [3.63, 3.8) is 0 Å². The highest BCUT2D eigenvalue weighted by Gasteiger charge is 2.53. The van der Waals surface area contributed by atoms with Gasteiger partial charge in [0.05, 0.1) is 7.11 Å². The number of hydrogen-bond donors (Lipinski definition) is 0. The van der Waals surface area contributed by atoms with Gasteiger partial charge in [-0.1, -0.05) is 18.2 Å². The first kappa shape index (κ1) is 10.6. The molecular formula is C13H15NO3. The Morgan fingerprint density at radius 1 is 1.47 bits per heavy atom. The average molecular weight is 233 g/mol. The van der Waals surface area contributed by atoms with Gasteiger partial charge in [0.25, 0.3) is 0 Å². The molecule has 2 aliphatic heterocycles. The Morgan fingerprint density at radius 3 is 3.00 bits per heavy atom. The molecule has 1 aromatic rings. The van der Waals surface area contributed by atoms with Crippen LogP contribution in [0.1, 0.15) is 11.5 Å². The van der Waals surface area contributed by atoms with Gasteiger partial charge >= 0.3 is 5.97 Å². The first-order chi connectivity index (χ1) is 8.22. The van der Waals surface area contributed by atoms with E-state index in [2.05, 4.69) is 24.1 Å². The van der Waals surface area contributed by atoms with E-state index in [0.717, 1.165) is 6.54 Å². The summed E-state index contributed by atoms with van der Waals surface area (Å²) >= 11 is 0. The molecule has 0 saturated carbocycles. The number of anilines is 1. The van der Waals surface area contributed by atoms with Crippen molar-refractivity contribution in [3.05, 3.63) is 29.8 Å². The van der Waals surface area contributed by atoms with Crippen molar-refractivity contribution in [1.82, 2.24) is 0 Å². The number of ether oxygens (including phenoxy) is 2. The van der Waals surface area contributed by atoms with Crippen molar-refractivity contribution in [1.29, 1.82) is 0 Å². The molecule has 3 unspecified atom stereocenters.